The van der Waals surface area contributed by atoms with Gasteiger partial charge in [0.2, 0.25) is 0 Å². The van der Waals surface area contributed by atoms with Gasteiger partial charge in [-0.25, -0.2) is 0 Å². The largest absolute Gasteiger partial charge is 0.462 e. The predicted octanol–water partition coefficient (Wildman–Crippen LogP) is 4.20. The molecule has 1 N–H and O–H groups in total. The molecule has 0 aromatic carbocycles. The van der Waals surface area contributed by atoms with Gasteiger partial charge in [0.15, 0.2) is 5.78 Å². The highest BCUT2D eigenvalue weighted by Crippen LogP contribution is 2.67. The first-order valence-electron chi connectivity index (χ1n) is 10.7. The van der Waals surface area contributed by atoms with Crippen LogP contribution >= 0.6 is 0 Å². The Kier molecular flexibility index (Phi) is 4.38. The first-order valence-corrected chi connectivity index (χ1v) is 10.7. The second kappa shape index (κ2) is 6.17. The summed E-state index contributed by atoms with van der Waals surface area (Å²) in [5.41, 5.74) is 0.235. The van der Waals surface area contributed by atoms with Gasteiger partial charge in [0, 0.05) is 18.8 Å². The first-order chi connectivity index (χ1) is 12.6. The molecule has 7 atom stereocenters. The Labute approximate surface area is 162 Å². The summed E-state index contributed by atoms with van der Waals surface area (Å²) in [5.74, 6) is 1.36. The molecule has 150 valence electrons. The third-order valence-corrected chi connectivity index (χ3v) is 9.13. The molecular formula is C23H34O4. The van der Waals surface area contributed by atoms with Gasteiger partial charge in [0.25, 0.3) is 0 Å². The summed E-state index contributed by atoms with van der Waals surface area (Å²) in [4.78, 5) is 23.7. The van der Waals surface area contributed by atoms with Crippen molar-refractivity contribution in [3.05, 3.63) is 11.6 Å². The van der Waals surface area contributed by atoms with Gasteiger partial charge in [0.1, 0.15) is 11.7 Å². The van der Waals surface area contributed by atoms with Crippen LogP contribution in [0.2, 0.25) is 0 Å². The molecule has 0 aliphatic heterocycles. The van der Waals surface area contributed by atoms with Crippen LogP contribution < -0.4 is 0 Å². The van der Waals surface area contributed by atoms with Crippen molar-refractivity contribution in [3.8, 4) is 0 Å². The molecule has 0 spiro atoms. The van der Waals surface area contributed by atoms with Crippen LogP contribution in [0.4, 0.5) is 0 Å². The van der Waals surface area contributed by atoms with Gasteiger partial charge in [-0.2, -0.15) is 0 Å². The molecule has 0 unspecified atom stereocenters. The van der Waals surface area contributed by atoms with Crippen molar-refractivity contribution in [3.63, 3.8) is 0 Å². The van der Waals surface area contributed by atoms with Gasteiger partial charge in [-0.3, -0.25) is 9.59 Å². The summed E-state index contributed by atoms with van der Waals surface area (Å²) < 4.78 is 5.51. The lowest BCUT2D eigenvalue weighted by molar-refractivity contribution is -0.160. The smallest absolute Gasteiger partial charge is 0.302 e. The number of ketones is 1. The second-order valence-electron chi connectivity index (χ2n) is 10.1. The van der Waals surface area contributed by atoms with Crippen LogP contribution in [0.15, 0.2) is 11.6 Å². The van der Waals surface area contributed by atoms with Crippen molar-refractivity contribution in [2.24, 2.45) is 28.6 Å². The van der Waals surface area contributed by atoms with Gasteiger partial charge < -0.3 is 9.84 Å². The summed E-state index contributed by atoms with van der Waals surface area (Å²) >= 11 is 0. The predicted molar refractivity (Wildman–Crippen MR) is 103 cm³/mol. The molecule has 0 radical (unpaired) electrons. The number of rotatable bonds is 2. The van der Waals surface area contributed by atoms with Gasteiger partial charge in [-0.05, 0) is 75.0 Å². The molecule has 0 saturated heterocycles. The van der Waals surface area contributed by atoms with Crippen LogP contribution in [0, 0.1) is 28.6 Å². The normalized spacial score (nSPS) is 48.7. The fraction of sp³-hybridized carbons (Fsp3) is 0.826. The zero-order valence-corrected chi connectivity index (χ0v) is 17.2. The van der Waals surface area contributed by atoms with Crippen molar-refractivity contribution < 1.29 is 19.4 Å². The van der Waals surface area contributed by atoms with Crippen LogP contribution in [0.5, 0.6) is 0 Å². The Morgan fingerprint density at radius 2 is 1.78 bits per heavy atom. The lowest BCUT2D eigenvalue weighted by atomic mass is 9.47. The minimum Gasteiger partial charge on any atom is -0.462 e. The number of esters is 1. The number of carbonyl (C=O) groups excluding carboxylic acids is 2. The second-order valence-corrected chi connectivity index (χ2v) is 10.1. The van der Waals surface area contributed by atoms with Gasteiger partial charge >= 0.3 is 5.97 Å². The molecule has 0 aromatic heterocycles. The third kappa shape index (κ3) is 2.58. The molecule has 4 rings (SSSR count). The van der Waals surface area contributed by atoms with Crippen molar-refractivity contribution in [1.29, 1.82) is 0 Å². The molecule has 0 aromatic rings. The van der Waals surface area contributed by atoms with Crippen LogP contribution in [0.1, 0.15) is 79.1 Å². The van der Waals surface area contributed by atoms with Gasteiger partial charge in [-0.1, -0.05) is 25.5 Å². The lowest BCUT2D eigenvalue weighted by Crippen LogP contribution is -2.57. The van der Waals surface area contributed by atoms with Crippen molar-refractivity contribution in [1.82, 2.24) is 0 Å². The molecule has 4 aliphatic carbocycles. The van der Waals surface area contributed by atoms with Crippen LogP contribution in [0.25, 0.3) is 0 Å². The van der Waals surface area contributed by atoms with Gasteiger partial charge in [-0.15, -0.1) is 0 Å². The number of carbonyl (C=O) groups is 2. The SMILES string of the molecule is CC(=O)O[C@H]1CC[C@@]2(C)C(=CC[C@H]3[C@H]2CC[C@@]2(C)[C@H]3CC[C@]2(O)C(C)=O)C1. The summed E-state index contributed by atoms with van der Waals surface area (Å²) in [6, 6.07) is 0. The van der Waals surface area contributed by atoms with E-state index in [1.54, 1.807) is 6.92 Å². The lowest BCUT2D eigenvalue weighted by Gasteiger charge is -2.58. The average molecular weight is 375 g/mol. The van der Waals surface area contributed by atoms with E-state index in [0.717, 1.165) is 44.9 Å². The van der Waals surface area contributed by atoms with E-state index in [-0.39, 0.29) is 28.7 Å². The molecule has 3 saturated carbocycles. The fourth-order valence-corrected chi connectivity index (χ4v) is 7.56. The number of hydrogen-bond acceptors (Lipinski definition) is 4. The van der Waals surface area contributed by atoms with E-state index in [9.17, 15) is 14.7 Å². The zero-order valence-electron chi connectivity index (χ0n) is 17.2. The van der Waals surface area contributed by atoms with Gasteiger partial charge in [0.05, 0.1) is 0 Å². The molecule has 0 amide bonds. The highest BCUT2D eigenvalue weighted by atomic mass is 16.5. The Bertz CT molecular complexity index is 696. The van der Waals surface area contributed by atoms with Crippen LogP contribution in [0.3, 0.4) is 0 Å². The molecule has 4 heteroatoms. The molecule has 4 nitrogen and oxygen atoms in total. The fourth-order valence-electron chi connectivity index (χ4n) is 7.56. The minimum absolute atomic E-state index is 0.0292. The van der Waals surface area contributed by atoms with E-state index in [1.165, 1.54) is 12.5 Å². The first kappa shape index (κ1) is 19.2. The maximum atomic E-state index is 12.3. The van der Waals surface area contributed by atoms with E-state index in [4.69, 9.17) is 4.74 Å². The zero-order chi connectivity index (χ0) is 19.6. The minimum atomic E-state index is -1.14. The maximum Gasteiger partial charge on any atom is 0.302 e. The summed E-state index contributed by atoms with van der Waals surface area (Å²) in [5, 5.41) is 11.2. The Morgan fingerprint density at radius 1 is 1.07 bits per heavy atom. The van der Waals surface area contributed by atoms with E-state index in [2.05, 4.69) is 19.9 Å². The monoisotopic (exact) mass is 374 g/mol. The molecule has 4 aliphatic rings. The summed E-state index contributed by atoms with van der Waals surface area (Å²) in [6.07, 6.45) is 9.96. The number of fused-ring (bicyclic) bond motifs is 5. The third-order valence-electron chi connectivity index (χ3n) is 9.13. The van der Waals surface area contributed by atoms with E-state index < -0.39 is 5.60 Å². The summed E-state index contributed by atoms with van der Waals surface area (Å²) in [7, 11) is 0. The standard InChI is InChI=1S/C23H34O4/c1-14(24)23(26)12-9-20-18-6-5-16-13-17(27-15(2)25)7-10-21(16,3)19(18)8-11-22(20,23)4/h5,17-20,26H,6-13H2,1-4H3/t17-,18-,19+,20-,21-,22-,23-/m0/s1. The summed E-state index contributed by atoms with van der Waals surface area (Å²) in [6.45, 7) is 7.64. The number of Topliss-reactive ketones (excluding diaryl/α,β-unsaturated/α-hetero) is 1. The van der Waals surface area contributed by atoms with E-state index in [0.29, 0.717) is 24.2 Å². The van der Waals surface area contributed by atoms with Crippen LogP contribution in [-0.4, -0.2) is 28.6 Å². The van der Waals surface area contributed by atoms with Crippen LogP contribution in [-0.2, 0) is 14.3 Å². The van der Waals surface area contributed by atoms with Crippen molar-refractivity contribution in [2.75, 3.05) is 0 Å². The van der Waals surface area contributed by atoms with Crippen molar-refractivity contribution >= 4 is 11.8 Å². The maximum absolute atomic E-state index is 12.3. The highest BCUT2D eigenvalue weighted by molar-refractivity contribution is 5.86. The van der Waals surface area contributed by atoms with Crippen molar-refractivity contribution in [2.45, 2.75) is 90.8 Å². The number of allylic oxidation sites excluding steroid dienone is 1. The van der Waals surface area contributed by atoms with E-state index >= 15 is 0 Å². The molecule has 3 fully saturated rings. The average Bonchev–Trinajstić information content (AvgIpc) is 2.87. The quantitative estimate of drug-likeness (QED) is 0.581. The molecule has 0 bridgehead atoms. The number of aliphatic hydroxyl groups is 1. The molecule has 27 heavy (non-hydrogen) atoms. The highest BCUT2D eigenvalue weighted by Gasteiger charge is 2.65. The van der Waals surface area contributed by atoms with E-state index in [1.807, 2.05) is 0 Å². The Balaban J connectivity index is 1.61. The number of hydrogen-bond donors (Lipinski definition) is 1. The Morgan fingerprint density at radius 3 is 2.44 bits per heavy atom. The Hall–Kier alpha value is -1.16. The molecular weight excluding hydrogens is 340 g/mol. The number of ether oxygens (including phenoxy) is 1. The topological polar surface area (TPSA) is 63.6 Å². The molecule has 0 heterocycles.